The number of carbonyl (C=O) groups is 1. The minimum Gasteiger partial charge on any atom is -0.343 e. The number of hydrogen-bond donors (Lipinski definition) is 0. The van der Waals surface area contributed by atoms with E-state index in [-0.39, 0.29) is 5.92 Å². The van der Waals surface area contributed by atoms with Gasteiger partial charge in [-0.3, -0.25) is 4.79 Å². The number of benzene rings is 2. The van der Waals surface area contributed by atoms with Crippen molar-refractivity contribution < 1.29 is 4.79 Å². The van der Waals surface area contributed by atoms with Crippen molar-refractivity contribution in [2.45, 2.75) is 35.0 Å². The van der Waals surface area contributed by atoms with Gasteiger partial charge < -0.3 is 4.90 Å². The first-order chi connectivity index (χ1) is 10.2. The topological polar surface area (TPSA) is 20.3 Å². The van der Waals surface area contributed by atoms with Crippen molar-refractivity contribution >= 4 is 28.9 Å². The first-order valence-corrected chi connectivity index (χ1v) is 8.23. The number of nitrogens with zero attached hydrogens (tertiary/aromatic N) is 1. The molecule has 0 spiro atoms. The second kappa shape index (κ2) is 4.92. The van der Waals surface area contributed by atoms with E-state index in [2.05, 4.69) is 54.4 Å². The van der Waals surface area contributed by atoms with Gasteiger partial charge in [-0.05, 0) is 42.7 Å². The van der Waals surface area contributed by atoms with Crippen molar-refractivity contribution in [1.29, 1.82) is 0 Å². The van der Waals surface area contributed by atoms with Gasteiger partial charge in [-0.2, -0.15) is 0 Å². The molecule has 106 valence electrons. The minimum absolute atomic E-state index is 0.123. The number of hydrogen-bond acceptors (Lipinski definition) is 3. The molecule has 1 saturated carbocycles. The fourth-order valence-corrected chi connectivity index (χ4v) is 4.54. The van der Waals surface area contributed by atoms with Crippen molar-refractivity contribution in [2.75, 3.05) is 11.9 Å². The number of fused-ring (bicyclic) bond motifs is 2. The third-order valence-electron chi connectivity index (χ3n) is 4.50. The predicted octanol–water partition coefficient (Wildman–Crippen LogP) is 4.76. The van der Waals surface area contributed by atoms with Crippen molar-refractivity contribution in [1.82, 2.24) is 0 Å². The summed E-state index contributed by atoms with van der Waals surface area (Å²) in [6.07, 6.45) is 2.79. The van der Waals surface area contributed by atoms with Crippen LogP contribution in [0.1, 0.15) is 30.7 Å². The van der Waals surface area contributed by atoms with E-state index in [1.807, 2.05) is 11.8 Å². The number of rotatable bonds is 1. The van der Waals surface area contributed by atoms with Crippen LogP contribution in [0.15, 0.2) is 52.3 Å². The molecule has 21 heavy (non-hydrogen) atoms. The average molecular weight is 295 g/mol. The molecule has 0 aromatic heterocycles. The van der Waals surface area contributed by atoms with Crippen molar-refractivity contribution in [3.05, 3.63) is 48.0 Å². The largest absolute Gasteiger partial charge is 0.343 e. The molecule has 1 atom stereocenters. The highest BCUT2D eigenvalue weighted by atomic mass is 32.2. The maximum atomic E-state index is 12.0. The standard InChI is InChI=1S/C18H17NOS/c1-19-14-6-2-3-8-17(14)21-18-11-12(9-10-15(18)19)13-5-4-7-16(13)20/h2-3,6,8-11,13H,4-5,7H2,1H3. The maximum absolute atomic E-state index is 12.0. The lowest BCUT2D eigenvalue weighted by atomic mass is 9.96. The second-order valence-corrected chi connectivity index (χ2v) is 6.85. The molecule has 0 bridgehead atoms. The molecule has 1 unspecified atom stereocenters. The Kier molecular flexibility index (Phi) is 3.03. The number of ketones is 1. The van der Waals surface area contributed by atoms with E-state index >= 15 is 0 Å². The van der Waals surface area contributed by atoms with Crippen molar-refractivity contribution in [2.24, 2.45) is 0 Å². The fourth-order valence-electron chi connectivity index (χ4n) is 3.34. The maximum Gasteiger partial charge on any atom is 0.140 e. The lowest BCUT2D eigenvalue weighted by molar-refractivity contribution is -0.118. The van der Waals surface area contributed by atoms with Gasteiger partial charge in [0.15, 0.2) is 0 Å². The van der Waals surface area contributed by atoms with Gasteiger partial charge in [-0.1, -0.05) is 30.0 Å². The second-order valence-electron chi connectivity index (χ2n) is 5.77. The van der Waals surface area contributed by atoms with Gasteiger partial charge in [0.25, 0.3) is 0 Å². The summed E-state index contributed by atoms with van der Waals surface area (Å²) in [5, 5.41) is 0. The zero-order valence-corrected chi connectivity index (χ0v) is 12.8. The quantitative estimate of drug-likeness (QED) is 0.757. The number of Topliss-reactive ketones (excluding diaryl/α,β-unsaturated/α-hetero) is 1. The van der Waals surface area contributed by atoms with Crippen LogP contribution in [0.4, 0.5) is 11.4 Å². The van der Waals surface area contributed by atoms with Crippen LogP contribution in [-0.2, 0) is 4.79 Å². The van der Waals surface area contributed by atoms with Gasteiger partial charge in [-0.25, -0.2) is 0 Å². The number of carbonyl (C=O) groups excluding carboxylic acids is 1. The van der Waals surface area contributed by atoms with E-state index in [0.717, 1.165) is 19.3 Å². The van der Waals surface area contributed by atoms with Crippen molar-refractivity contribution in [3.8, 4) is 0 Å². The molecular formula is C18H17NOS. The molecule has 2 aromatic carbocycles. The summed E-state index contributed by atoms with van der Waals surface area (Å²) in [5.74, 6) is 0.530. The first-order valence-electron chi connectivity index (χ1n) is 7.41. The van der Waals surface area contributed by atoms with Gasteiger partial charge >= 0.3 is 0 Å². The lowest BCUT2D eigenvalue weighted by Crippen LogP contribution is -2.15. The fraction of sp³-hybridized carbons (Fsp3) is 0.278. The van der Waals surface area contributed by atoms with Crippen LogP contribution >= 0.6 is 11.8 Å². The summed E-state index contributed by atoms with van der Waals surface area (Å²) in [5.41, 5.74) is 3.67. The average Bonchev–Trinajstić information content (AvgIpc) is 2.93. The highest BCUT2D eigenvalue weighted by molar-refractivity contribution is 7.99. The summed E-state index contributed by atoms with van der Waals surface area (Å²) in [7, 11) is 2.11. The van der Waals surface area contributed by atoms with Crippen LogP contribution in [0.2, 0.25) is 0 Å². The molecule has 1 aliphatic heterocycles. The molecule has 1 fully saturated rings. The summed E-state index contributed by atoms with van der Waals surface area (Å²) >= 11 is 1.81. The van der Waals surface area contributed by atoms with Crippen molar-refractivity contribution in [3.63, 3.8) is 0 Å². The van der Waals surface area contributed by atoms with E-state index in [1.54, 1.807) is 0 Å². The Morgan fingerprint density at radius 2 is 1.90 bits per heavy atom. The predicted molar refractivity (Wildman–Crippen MR) is 86.7 cm³/mol. The molecule has 2 aliphatic rings. The Morgan fingerprint density at radius 3 is 2.71 bits per heavy atom. The molecule has 0 amide bonds. The third-order valence-corrected chi connectivity index (χ3v) is 5.61. The van der Waals surface area contributed by atoms with Gasteiger partial charge in [0.2, 0.25) is 0 Å². The monoisotopic (exact) mass is 295 g/mol. The SMILES string of the molecule is CN1c2ccccc2Sc2cc(C3CCCC3=O)ccc21. The van der Waals surface area contributed by atoms with Gasteiger partial charge in [-0.15, -0.1) is 0 Å². The summed E-state index contributed by atoms with van der Waals surface area (Å²) in [6.45, 7) is 0. The Balaban J connectivity index is 1.76. The molecule has 0 saturated heterocycles. The molecule has 1 heterocycles. The van der Waals surface area contributed by atoms with Gasteiger partial charge in [0.05, 0.1) is 11.4 Å². The molecule has 1 aliphatic carbocycles. The van der Waals surface area contributed by atoms with Crippen LogP contribution in [0, 0.1) is 0 Å². The molecule has 2 aromatic rings. The summed E-state index contributed by atoms with van der Waals surface area (Å²) < 4.78 is 0. The Hall–Kier alpha value is -1.74. The van der Waals surface area contributed by atoms with E-state index in [9.17, 15) is 4.79 Å². The van der Waals surface area contributed by atoms with Crippen LogP contribution in [0.3, 0.4) is 0 Å². The number of para-hydroxylation sites is 1. The van der Waals surface area contributed by atoms with E-state index in [0.29, 0.717) is 5.78 Å². The highest BCUT2D eigenvalue weighted by Gasteiger charge is 2.28. The Labute approximate surface area is 129 Å². The number of anilines is 2. The van der Waals surface area contributed by atoms with Crippen LogP contribution in [0.25, 0.3) is 0 Å². The molecule has 2 nitrogen and oxygen atoms in total. The molecular weight excluding hydrogens is 278 g/mol. The molecule has 0 N–H and O–H groups in total. The van der Waals surface area contributed by atoms with Gasteiger partial charge in [0.1, 0.15) is 5.78 Å². The van der Waals surface area contributed by atoms with Gasteiger partial charge in [0, 0.05) is 29.2 Å². The molecule has 3 heteroatoms. The Bertz CT molecular complexity index is 725. The summed E-state index contributed by atoms with van der Waals surface area (Å²) in [6, 6.07) is 15.0. The third kappa shape index (κ3) is 2.07. The normalized spacial score (nSPS) is 20.3. The lowest BCUT2D eigenvalue weighted by Gasteiger charge is -2.30. The van der Waals surface area contributed by atoms with Crippen LogP contribution < -0.4 is 4.90 Å². The Morgan fingerprint density at radius 1 is 1.10 bits per heavy atom. The highest BCUT2D eigenvalue weighted by Crippen LogP contribution is 2.48. The van der Waals surface area contributed by atoms with Crippen LogP contribution in [0.5, 0.6) is 0 Å². The molecule has 0 radical (unpaired) electrons. The smallest absolute Gasteiger partial charge is 0.140 e. The van der Waals surface area contributed by atoms with E-state index < -0.39 is 0 Å². The zero-order chi connectivity index (χ0) is 14.4. The van der Waals surface area contributed by atoms with E-state index in [4.69, 9.17) is 0 Å². The zero-order valence-electron chi connectivity index (χ0n) is 12.0. The molecule has 4 rings (SSSR count). The minimum atomic E-state index is 0.123. The van der Waals surface area contributed by atoms with E-state index in [1.165, 1.54) is 26.7 Å². The first kappa shape index (κ1) is 13.0. The summed E-state index contributed by atoms with van der Waals surface area (Å²) in [4.78, 5) is 16.8. The van der Waals surface area contributed by atoms with Crippen LogP contribution in [-0.4, -0.2) is 12.8 Å².